The van der Waals surface area contributed by atoms with Crippen LogP contribution in [0.1, 0.15) is 0 Å². The molecule has 82 valence electrons. The molecule has 0 bridgehead atoms. The third-order valence-corrected chi connectivity index (χ3v) is 1.10. The van der Waals surface area contributed by atoms with E-state index in [1.807, 2.05) is 0 Å². The SMILES string of the molecule is FC(F)(F)C(F)(F)N=S(F)(F)(F)F. The van der Waals surface area contributed by atoms with Crippen LogP contribution in [0.2, 0.25) is 0 Å². The second-order valence-electron chi connectivity index (χ2n) is 1.76. The van der Waals surface area contributed by atoms with Gasteiger partial charge in [-0.3, -0.25) is 0 Å². The predicted molar refractivity (Wildman–Crippen MR) is 25.2 cm³/mol. The molecule has 1 nitrogen and oxygen atoms in total. The van der Waals surface area contributed by atoms with Crippen molar-refractivity contribution in [1.29, 1.82) is 0 Å². The first-order chi connectivity index (χ1) is 5.21. The van der Waals surface area contributed by atoms with E-state index in [4.69, 9.17) is 0 Å². The van der Waals surface area contributed by atoms with Gasteiger partial charge >= 0.3 is 22.7 Å². The molecule has 0 radical (unpaired) electrons. The van der Waals surface area contributed by atoms with Gasteiger partial charge in [-0.05, 0) is 0 Å². The highest BCUT2D eigenvalue weighted by Gasteiger charge is 2.61. The maximum atomic E-state index is 11.4. The molecule has 0 rings (SSSR count). The first kappa shape index (κ1) is 12.5. The number of nitrogens with zero attached hydrogens (tertiary/aromatic N) is 1. The van der Waals surface area contributed by atoms with Gasteiger partial charge in [0.15, 0.2) is 0 Å². The number of rotatable bonds is 1. The Bertz CT molecular complexity index is 244. The Morgan fingerprint density at radius 3 is 1.15 bits per heavy atom. The van der Waals surface area contributed by atoms with Gasteiger partial charge in [-0.2, -0.15) is 22.0 Å². The van der Waals surface area contributed by atoms with E-state index < -0.39 is 22.7 Å². The summed E-state index contributed by atoms with van der Waals surface area (Å²) in [5, 5.41) is 0. The molecular formula is C2F9NS. The molecule has 0 saturated carbocycles. The lowest BCUT2D eigenvalue weighted by molar-refractivity contribution is -0.277. The monoisotopic (exact) mass is 241 g/mol. The predicted octanol–water partition coefficient (Wildman–Crippen LogP) is 3.55. The van der Waals surface area contributed by atoms with E-state index in [1.54, 1.807) is 0 Å². The van der Waals surface area contributed by atoms with E-state index in [9.17, 15) is 37.5 Å². The molecule has 0 atom stereocenters. The molecular weight excluding hydrogens is 241 g/mol. The molecule has 0 aromatic rings. The largest absolute Gasteiger partial charge is 0.478 e. The second kappa shape index (κ2) is 2.51. The number of hydrogen-bond donors (Lipinski definition) is 0. The molecule has 13 heavy (non-hydrogen) atoms. The topological polar surface area (TPSA) is 12.4 Å². The summed E-state index contributed by atoms with van der Waals surface area (Å²) in [5.41, 5.74) is 0. The average Bonchev–Trinajstić information content (AvgIpc) is 1.48. The molecule has 0 N–H and O–H groups in total. The van der Waals surface area contributed by atoms with E-state index >= 15 is 0 Å². The van der Waals surface area contributed by atoms with Crippen LogP contribution >= 0.6 is 0 Å². The van der Waals surface area contributed by atoms with Gasteiger partial charge in [-0.1, -0.05) is 19.9 Å². The highest BCUT2D eigenvalue weighted by molar-refractivity contribution is 8.04. The molecule has 0 aromatic heterocycles. The minimum atomic E-state index is -8.97. The van der Waals surface area contributed by atoms with E-state index in [0.717, 1.165) is 0 Å². The van der Waals surface area contributed by atoms with Crippen LogP contribution in [0.25, 0.3) is 0 Å². The van der Waals surface area contributed by atoms with E-state index in [1.165, 1.54) is 0 Å². The van der Waals surface area contributed by atoms with Gasteiger partial charge in [-0.15, -0.1) is 0 Å². The van der Waals surface area contributed by atoms with Crippen molar-refractivity contribution in [2.45, 2.75) is 12.2 Å². The van der Waals surface area contributed by atoms with Gasteiger partial charge in [-0.25, -0.2) is 0 Å². The summed E-state index contributed by atoms with van der Waals surface area (Å²) in [5.74, 6) is 0. The van der Waals surface area contributed by atoms with Gasteiger partial charge in [0.2, 0.25) is 0 Å². The second-order valence-corrected chi connectivity index (χ2v) is 3.19. The summed E-state index contributed by atoms with van der Waals surface area (Å²) in [7, 11) is -8.97. The fourth-order valence-electron chi connectivity index (χ4n) is 0.225. The molecule has 11 heteroatoms. The van der Waals surface area contributed by atoms with Crippen LogP contribution in [0.5, 0.6) is 0 Å². The van der Waals surface area contributed by atoms with Gasteiger partial charge < -0.3 is 0 Å². The molecule has 0 saturated heterocycles. The average molecular weight is 241 g/mol. The molecule has 0 fully saturated rings. The Morgan fingerprint density at radius 1 is 0.769 bits per heavy atom. The highest BCUT2D eigenvalue weighted by atomic mass is 32.4. The first-order valence-electron chi connectivity index (χ1n) is 2.22. The maximum Gasteiger partial charge on any atom is 0.478 e. The summed E-state index contributed by atoms with van der Waals surface area (Å²) in [6, 6.07) is -6.44. The van der Waals surface area contributed by atoms with Crippen molar-refractivity contribution in [3.05, 3.63) is 0 Å². The van der Waals surface area contributed by atoms with E-state index in [-0.39, 0.29) is 4.36 Å². The summed E-state index contributed by atoms with van der Waals surface area (Å²) < 4.78 is 100. The van der Waals surface area contributed by atoms with Crippen LogP contribution < -0.4 is 0 Å². The molecule has 0 spiro atoms. The molecule has 0 aliphatic carbocycles. The Balaban J connectivity index is 5.27. The zero-order chi connectivity index (χ0) is 11.2. The first-order valence-corrected chi connectivity index (χ1v) is 3.82. The lowest BCUT2D eigenvalue weighted by atomic mass is 10.6. The van der Waals surface area contributed by atoms with Crippen molar-refractivity contribution in [2.75, 3.05) is 0 Å². The molecule has 0 aromatic carbocycles. The molecule has 0 aliphatic rings. The standard InChI is InChI=1S/C2F9NS/c3-1(4,5)2(6,7)12-13(8,9,10)11. The Hall–Kier alpha value is -0.480. The molecule has 0 heterocycles. The van der Waals surface area contributed by atoms with Gasteiger partial charge in [0, 0.05) is 0 Å². The van der Waals surface area contributed by atoms with Crippen LogP contribution in [-0.4, -0.2) is 12.2 Å². The molecule has 0 aliphatic heterocycles. The maximum absolute atomic E-state index is 11.4. The quantitative estimate of drug-likeness (QED) is 0.491. The van der Waals surface area contributed by atoms with Crippen LogP contribution in [0.3, 0.4) is 0 Å². The van der Waals surface area contributed by atoms with Crippen LogP contribution in [0.4, 0.5) is 37.5 Å². The lowest BCUT2D eigenvalue weighted by Crippen LogP contribution is -2.36. The number of alkyl halides is 5. The van der Waals surface area contributed by atoms with E-state index in [0.29, 0.717) is 0 Å². The summed E-state index contributed by atoms with van der Waals surface area (Å²) in [6.45, 7) is 0. The Kier molecular flexibility index (Phi) is 2.42. The number of halogens is 9. The zero-order valence-electron chi connectivity index (χ0n) is 5.26. The molecule has 0 amide bonds. The van der Waals surface area contributed by atoms with Crippen molar-refractivity contribution in [3.8, 4) is 0 Å². The van der Waals surface area contributed by atoms with Gasteiger partial charge in [0.05, 0.1) is 0 Å². The van der Waals surface area contributed by atoms with Gasteiger partial charge in [0.25, 0.3) is 0 Å². The fourth-order valence-corrected chi connectivity index (χ4v) is 0.675. The summed E-state index contributed by atoms with van der Waals surface area (Å²) in [6.07, 6.45) is -6.55. The normalized spacial score (nSPS) is 17.8. The highest BCUT2D eigenvalue weighted by Crippen LogP contribution is 2.46. The third-order valence-electron chi connectivity index (χ3n) is 0.594. The van der Waals surface area contributed by atoms with Gasteiger partial charge in [0.1, 0.15) is 0 Å². The molecule has 0 unspecified atom stereocenters. The Labute approximate surface area is 65.7 Å². The minimum absolute atomic E-state index is 0.0722. The minimum Gasteiger partial charge on any atom is -0.170 e. The third kappa shape index (κ3) is 4.33. The number of hydrogen-bond acceptors (Lipinski definition) is 1. The smallest absolute Gasteiger partial charge is 0.170 e. The van der Waals surface area contributed by atoms with Crippen LogP contribution in [0.15, 0.2) is 4.36 Å². The van der Waals surface area contributed by atoms with Crippen molar-refractivity contribution >= 4 is 10.5 Å². The van der Waals surface area contributed by atoms with E-state index in [2.05, 4.69) is 0 Å². The van der Waals surface area contributed by atoms with Crippen LogP contribution in [0, 0.1) is 0 Å². The van der Waals surface area contributed by atoms with Crippen molar-refractivity contribution in [2.24, 2.45) is 4.36 Å². The fraction of sp³-hybridized carbons (Fsp3) is 1.00. The summed E-state index contributed by atoms with van der Waals surface area (Å²) >= 11 is 0. The summed E-state index contributed by atoms with van der Waals surface area (Å²) in [4.78, 5) is 0. The zero-order valence-corrected chi connectivity index (χ0v) is 6.07. The van der Waals surface area contributed by atoms with Crippen LogP contribution in [-0.2, 0) is 10.5 Å². The van der Waals surface area contributed by atoms with Crippen molar-refractivity contribution in [3.63, 3.8) is 0 Å². The van der Waals surface area contributed by atoms with Crippen molar-refractivity contribution in [1.82, 2.24) is 0 Å². The van der Waals surface area contributed by atoms with Crippen molar-refractivity contribution < 1.29 is 37.5 Å². The Morgan fingerprint density at radius 2 is 1.08 bits per heavy atom. The lowest BCUT2D eigenvalue weighted by Gasteiger charge is -2.18.